The van der Waals surface area contributed by atoms with Crippen molar-refractivity contribution in [3.05, 3.63) is 47.0 Å². The number of halogens is 1. The second-order valence-corrected chi connectivity index (χ2v) is 8.42. The average molecular weight is 410 g/mol. The Morgan fingerprint density at radius 2 is 2.12 bits per heavy atom. The third-order valence-corrected chi connectivity index (χ3v) is 5.87. The van der Waals surface area contributed by atoms with Crippen molar-refractivity contribution in [2.45, 2.75) is 38.7 Å². The molecule has 2 aliphatic rings. The molecule has 3 rings (SSSR count). The minimum Gasteiger partial charge on any atom is -0.362 e. The Morgan fingerprint density at radius 3 is 2.71 bits per heavy atom. The lowest BCUT2D eigenvalue weighted by Gasteiger charge is -2.29. The first-order valence-electron chi connectivity index (χ1n) is 8.36. The summed E-state index contributed by atoms with van der Waals surface area (Å²) in [5, 5.41) is 0. The highest BCUT2D eigenvalue weighted by Gasteiger charge is 2.44. The fourth-order valence-electron chi connectivity index (χ4n) is 3.63. The number of likely N-dealkylation sites (tertiary alicyclic amines) is 1. The zero-order valence-electron chi connectivity index (χ0n) is 14.2. The van der Waals surface area contributed by atoms with Crippen molar-refractivity contribution in [3.63, 3.8) is 0 Å². The van der Waals surface area contributed by atoms with Crippen molar-refractivity contribution in [2.75, 3.05) is 13.2 Å². The van der Waals surface area contributed by atoms with E-state index in [2.05, 4.69) is 51.7 Å². The van der Waals surface area contributed by atoms with E-state index < -0.39 is 5.79 Å². The van der Waals surface area contributed by atoms with Crippen LogP contribution >= 0.6 is 28.1 Å². The number of ether oxygens (including phenoxy) is 2. The van der Waals surface area contributed by atoms with Gasteiger partial charge in [0.15, 0.2) is 5.79 Å². The van der Waals surface area contributed by atoms with Crippen molar-refractivity contribution in [3.8, 4) is 0 Å². The van der Waals surface area contributed by atoms with Crippen molar-refractivity contribution < 1.29 is 9.47 Å². The van der Waals surface area contributed by atoms with Gasteiger partial charge in [0.25, 0.3) is 0 Å². The Kier molecular flexibility index (Phi) is 5.45. The maximum absolute atomic E-state index is 6.10. The van der Waals surface area contributed by atoms with Gasteiger partial charge in [0, 0.05) is 24.9 Å². The molecule has 2 aliphatic heterocycles. The summed E-state index contributed by atoms with van der Waals surface area (Å²) in [6.07, 6.45) is 1.02. The fraction of sp³-hybridized carbons (Fsp3) is 0.526. The SMILES string of the molecule is C=C(Br)[C@H]([C@H]1COC(C)(C)O1)[C@H]1CCN(Cc2ccccc2)C1=S. The van der Waals surface area contributed by atoms with Crippen LogP contribution in [0.5, 0.6) is 0 Å². The number of benzene rings is 1. The summed E-state index contributed by atoms with van der Waals surface area (Å²) in [5.41, 5.74) is 1.29. The minimum absolute atomic E-state index is 0.00787. The lowest BCUT2D eigenvalue weighted by Crippen LogP contribution is -2.36. The van der Waals surface area contributed by atoms with E-state index in [4.69, 9.17) is 21.7 Å². The van der Waals surface area contributed by atoms with Crippen LogP contribution in [0.25, 0.3) is 0 Å². The van der Waals surface area contributed by atoms with Gasteiger partial charge in [0.1, 0.15) is 0 Å². The van der Waals surface area contributed by atoms with E-state index >= 15 is 0 Å². The Bertz CT molecular complexity index is 619. The van der Waals surface area contributed by atoms with Crippen LogP contribution in [0.4, 0.5) is 0 Å². The van der Waals surface area contributed by atoms with Gasteiger partial charge in [-0.3, -0.25) is 0 Å². The molecule has 5 heteroatoms. The standard InChI is InChI=1S/C19H24BrNO2S/c1-13(20)17(16-12-22-19(2,3)23-16)15-9-10-21(18(15)24)11-14-7-5-4-6-8-14/h4-8,15-17H,1,9-12H2,2-3H3/t15-,16-,17+/m1/s1. The van der Waals surface area contributed by atoms with Crippen molar-refractivity contribution in [2.24, 2.45) is 11.8 Å². The highest BCUT2D eigenvalue weighted by atomic mass is 79.9. The van der Waals surface area contributed by atoms with Gasteiger partial charge in [-0.05, 0) is 30.3 Å². The van der Waals surface area contributed by atoms with Crippen LogP contribution in [0.1, 0.15) is 25.8 Å². The molecule has 0 bridgehead atoms. The highest BCUT2D eigenvalue weighted by molar-refractivity contribution is 9.11. The van der Waals surface area contributed by atoms with Gasteiger partial charge < -0.3 is 14.4 Å². The zero-order chi connectivity index (χ0) is 17.3. The fourth-order valence-corrected chi connectivity index (χ4v) is 4.66. The van der Waals surface area contributed by atoms with Gasteiger partial charge in [-0.15, -0.1) is 0 Å². The Hall–Kier alpha value is -0.750. The van der Waals surface area contributed by atoms with Gasteiger partial charge in [0.05, 0.1) is 17.7 Å². The van der Waals surface area contributed by atoms with Crippen LogP contribution < -0.4 is 0 Å². The third-order valence-electron chi connectivity index (χ3n) is 4.78. The number of hydrogen-bond acceptors (Lipinski definition) is 3. The van der Waals surface area contributed by atoms with Gasteiger partial charge in [-0.25, -0.2) is 0 Å². The molecule has 0 aliphatic carbocycles. The van der Waals surface area contributed by atoms with Crippen molar-refractivity contribution >= 4 is 33.1 Å². The van der Waals surface area contributed by atoms with E-state index in [-0.39, 0.29) is 17.9 Å². The first kappa shape index (κ1) is 18.1. The van der Waals surface area contributed by atoms with Gasteiger partial charge >= 0.3 is 0 Å². The Balaban J connectivity index is 1.71. The predicted octanol–water partition coefficient (Wildman–Crippen LogP) is 4.51. The number of thiocarbonyl (C=S) groups is 1. The summed E-state index contributed by atoms with van der Waals surface area (Å²) in [7, 11) is 0. The molecule has 1 aromatic carbocycles. The summed E-state index contributed by atoms with van der Waals surface area (Å²) in [6.45, 7) is 10.5. The lowest BCUT2D eigenvalue weighted by molar-refractivity contribution is -0.143. The second-order valence-electron chi connectivity index (χ2n) is 6.98. The summed E-state index contributed by atoms with van der Waals surface area (Å²) in [6, 6.07) is 10.5. The van der Waals surface area contributed by atoms with E-state index in [0.29, 0.717) is 6.61 Å². The van der Waals surface area contributed by atoms with Crippen LogP contribution in [-0.2, 0) is 16.0 Å². The van der Waals surface area contributed by atoms with Crippen LogP contribution in [0.3, 0.4) is 0 Å². The van der Waals surface area contributed by atoms with Crippen molar-refractivity contribution in [1.82, 2.24) is 4.90 Å². The number of rotatable bonds is 5. The monoisotopic (exact) mass is 409 g/mol. The summed E-state index contributed by atoms with van der Waals surface area (Å²) < 4.78 is 12.8. The molecule has 3 atom stereocenters. The maximum atomic E-state index is 6.10. The minimum atomic E-state index is -0.532. The Morgan fingerprint density at radius 1 is 1.42 bits per heavy atom. The normalized spacial score (nSPS) is 27.5. The van der Waals surface area contributed by atoms with Crippen LogP contribution in [0.15, 0.2) is 41.4 Å². The van der Waals surface area contributed by atoms with E-state index in [1.165, 1.54) is 5.56 Å². The molecular weight excluding hydrogens is 386 g/mol. The van der Waals surface area contributed by atoms with Gasteiger partial charge in [0.2, 0.25) is 0 Å². The van der Waals surface area contributed by atoms with Crippen LogP contribution in [-0.4, -0.2) is 34.9 Å². The molecule has 0 amide bonds. The van der Waals surface area contributed by atoms with Crippen molar-refractivity contribution in [1.29, 1.82) is 0 Å². The molecule has 0 radical (unpaired) electrons. The molecule has 24 heavy (non-hydrogen) atoms. The maximum Gasteiger partial charge on any atom is 0.163 e. The smallest absolute Gasteiger partial charge is 0.163 e. The molecule has 0 aromatic heterocycles. The van der Waals surface area contributed by atoms with E-state index in [0.717, 1.165) is 29.0 Å². The van der Waals surface area contributed by atoms with E-state index in [1.807, 2.05) is 19.9 Å². The van der Waals surface area contributed by atoms with E-state index in [9.17, 15) is 0 Å². The molecule has 130 valence electrons. The van der Waals surface area contributed by atoms with Crippen LogP contribution in [0.2, 0.25) is 0 Å². The second kappa shape index (κ2) is 7.24. The first-order valence-corrected chi connectivity index (χ1v) is 9.56. The predicted molar refractivity (Wildman–Crippen MR) is 104 cm³/mol. The summed E-state index contributed by atoms with van der Waals surface area (Å²) in [5.74, 6) is -0.131. The molecule has 2 saturated heterocycles. The number of nitrogens with zero attached hydrogens (tertiary/aromatic N) is 1. The summed E-state index contributed by atoms with van der Waals surface area (Å²) >= 11 is 9.42. The summed E-state index contributed by atoms with van der Waals surface area (Å²) in [4.78, 5) is 3.32. The molecule has 2 fully saturated rings. The molecule has 1 aromatic rings. The van der Waals surface area contributed by atoms with Gasteiger partial charge in [-0.2, -0.15) is 0 Å². The quantitative estimate of drug-likeness (QED) is 0.666. The lowest BCUT2D eigenvalue weighted by atomic mass is 9.87. The number of hydrogen-bond donors (Lipinski definition) is 0. The molecular formula is C19H24BrNO2S. The molecule has 3 nitrogen and oxygen atoms in total. The van der Waals surface area contributed by atoms with Gasteiger partial charge in [-0.1, -0.05) is 65.1 Å². The third kappa shape index (κ3) is 3.90. The molecule has 0 saturated carbocycles. The van der Waals surface area contributed by atoms with E-state index in [1.54, 1.807) is 0 Å². The molecule has 0 N–H and O–H groups in total. The molecule has 0 unspecified atom stereocenters. The molecule has 2 heterocycles. The highest BCUT2D eigenvalue weighted by Crippen LogP contribution is 2.40. The Labute approximate surface area is 158 Å². The van der Waals surface area contributed by atoms with Crippen LogP contribution in [0, 0.1) is 11.8 Å². The topological polar surface area (TPSA) is 21.7 Å². The average Bonchev–Trinajstić information content (AvgIpc) is 3.05. The first-order chi connectivity index (χ1) is 11.4. The zero-order valence-corrected chi connectivity index (χ0v) is 16.6. The largest absolute Gasteiger partial charge is 0.362 e. The molecule has 0 spiro atoms.